The molecule has 0 atom stereocenters. The number of hydrogen-bond donors (Lipinski definition) is 0. The predicted octanol–water partition coefficient (Wildman–Crippen LogP) is 1.43. The molecule has 3 heteroatoms. The van der Waals surface area contributed by atoms with Gasteiger partial charge in [0, 0.05) is 0 Å². The molecule has 0 saturated heterocycles. The van der Waals surface area contributed by atoms with Crippen LogP contribution in [-0.4, -0.2) is 14.0 Å². The zero-order valence-corrected chi connectivity index (χ0v) is 5.99. The van der Waals surface area contributed by atoms with Crippen LogP contribution in [0.5, 0.6) is 0 Å². The average molecular weight is 131 g/mol. The fourth-order valence-electron chi connectivity index (χ4n) is 0.158. The van der Waals surface area contributed by atoms with Crippen LogP contribution in [0.15, 0.2) is 12.7 Å². The summed E-state index contributed by atoms with van der Waals surface area (Å²) in [6.07, 6.45) is 1.70. The topological polar surface area (TPSA) is 9.23 Å². The lowest BCUT2D eigenvalue weighted by molar-refractivity contribution is 0.203. The van der Waals surface area contributed by atoms with Crippen LogP contribution in [0.1, 0.15) is 13.8 Å². The van der Waals surface area contributed by atoms with E-state index >= 15 is 0 Å². The molecule has 0 spiro atoms. The minimum absolute atomic E-state index is 0.331. The van der Waals surface area contributed by atoms with Crippen molar-refractivity contribution < 1.29 is 4.18 Å². The van der Waals surface area contributed by atoms with Crippen LogP contribution in [0.2, 0.25) is 0 Å². The summed E-state index contributed by atoms with van der Waals surface area (Å²) in [6.45, 7) is 7.34. The van der Waals surface area contributed by atoms with Crippen molar-refractivity contribution in [2.75, 3.05) is 0 Å². The van der Waals surface area contributed by atoms with Gasteiger partial charge in [0.2, 0.25) is 7.09 Å². The molecule has 0 N–H and O–H groups in total. The fraction of sp³-hybridized carbons (Fsp3) is 0.600. The molecule has 0 bridgehead atoms. The molecule has 0 rings (SSSR count). The standard InChI is InChI=1S/C5H10BOS/c1-4-5(2,3)7-8-6/h4,6H,1H2,2-3H3/i6T. The lowest BCUT2D eigenvalue weighted by atomic mass is 10.1. The maximum atomic E-state index is 6.64. The second-order valence-electron chi connectivity index (χ2n) is 1.99. The van der Waals surface area contributed by atoms with Gasteiger partial charge in [-0.2, -0.15) is 0 Å². The minimum Gasteiger partial charge on any atom is -0.318 e. The molecule has 0 aromatic heterocycles. The average Bonchev–Trinajstić information content (AvgIpc) is 1.84. The van der Waals surface area contributed by atoms with Crippen LogP contribution in [0.4, 0.5) is 0 Å². The first kappa shape index (κ1) is 6.24. The van der Waals surface area contributed by atoms with Crippen molar-refractivity contribution in [2.45, 2.75) is 19.4 Å². The molecule has 0 unspecified atom stereocenters. The van der Waals surface area contributed by atoms with Gasteiger partial charge in [-0.25, -0.2) is 0 Å². The molecule has 45 valence electrons. The van der Waals surface area contributed by atoms with Gasteiger partial charge < -0.3 is 4.18 Å². The van der Waals surface area contributed by atoms with Crippen LogP contribution in [0, 0.1) is 0 Å². The first-order valence-electron chi connectivity index (χ1n) is 2.88. The molecule has 0 amide bonds. The van der Waals surface area contributed by atoms with Crippen molar-refractivity contribution in [1.82, 2.24) is 0 Å². The highest BCUT2D eigenvalue weighted by atomic mass is 32.2. The summed E-state index contributed by atoms with van der Waals surface area (Å²) in [5.41, 5.74) is -0.331. The molecule has 0 aromatic carbocycles. The van der Waals surface area contributed by atoms with Crippen LogP contribution in [0.3, 0.4) is 0 Å². The Labute approximate surface area is 57.4 Å². The Bertz CT molecular complexity index is 97.0. The second-order valence-corrected chi connectivity index (χ2v) is 2.35. The molecule has 0 saturated carbocycles. The third-order valence-corrected chi connectivity index (χ3v) is 1.28. The first-order chi connectivity index (χ1) is 4.12. The van der Waals surface area contributed by atoms with Crippen LogP contribution < -0.4 is 0 Å². The highest BCUT2D eigenvalue weighted by Crippen LogP contribution is 2.15. The monoisotopic (exact) mass is 131 g/mol. The van der Waals surface area contributed by atoms with E-state index in [2.05, 4.69) is 6.58 Å². The van der Waals surface area contributed by atoms with E-state index < -0.39 is 0 Å². The molecule has 0 aromatic rings. The quantitative estimate of drug-likeness (QED) is 0.324. The lowest BCUT2D eigenvalue weighted by Gasteiger charge is -2.17. The molecule has 0 aliphatic carbocycles. The van der Waals surface area contributed by atoms with Gasteiger partial charge in [-0.15, -0.1) is 6.58 Å². The van der Waals surface area contributed by atoms with E-state index in [1.54, 1.807) is 6.08 Å². The van der Waals surface area contributed by atoms with E-state index in [1.165, 1.54) is 0 Å². The van der Waals surface area contributed by atoms with E-state index in [0.717, 1.165) is 19.0 Å². The Balaban J connectivity index is 3.45. The Hall–Kier alpha value is 0.115. The smallest absolute Gasteiger partial charge is 0.209 e. The van der Waals surface area contributed by atoms with Gasteiger partial charge in [0.05, 0.1) is 5.60 Å². The van der Waals surface area contributed by atoms with E-state index in [4.69, 9.17) is 5.52 Å². The molecule has 8 heavy (non-hydrogen) atoms. The second kappa shape index (κ2) is 3.20. The van der Waals surface area contributed by atoms with E-state index in [-0.39, 0.29) is 5.60 Å². The highest BCUT2D eigenvalue weighted by Gasteiger charge is 2.10. The molecule has 1 nitrogen and oxygen atoms in total. The van der Waals surface area contributed by atoms with Crippen molar-refractivity contribution in [3.05, 3.63) is 12.7 Å². The van der Waals surface area contributed by atoms with Crippen LogP contribution in [-0.2, 0) is 4.18 Å². The summed E-state index contributed by atoms with van der Waals surface area (Å²) < 4.78 is 11.7. The van der Waals surface area contributed by atoms with Crippen molar-refractivity contribution in [1.29, 1.82) is 1.34 Å². The summed E-state index contributed by atoms with van der Waals surface area (Å²) in [5, 5.41) is 0. The molecule has 0 aliphatic heterocycles. The fourth-order valence-corrected chi connectivity index (χ4v) is 0.474. The highest BCUT2D eigenvalue weighted by molar-refractivity contribution is 8.15. The third kappa shape index (κ3) is 3.16. The van der Waals surface area contributed by atoms with Crippen molar-refractivity contribution in [2.24, 2.45) is 0 Å². The zero-order valence-electron chi connectivity index (χ0n) is 6.18. The van der Waals surface area contributed by atoms with Crippen LogP contribution >= 0.6 is 11.9 Å². The van der Waals surface area contributed by atoms with Crippen molar-refractivity contribution in [3.63, 3.8) is 0 Å². The largest absolute Gasteiger partial charge is 0.318 e. The Morgan fingerprint density at radius 1 is 2.00 bits per heavy atom. The number of rotatable bonds is 4. The van der Waals surface area contributed by atoms with E-state index in [0.29, 0.717) is 0 Å². The molecule has 0 heterocycles. The normalized spacial score (nSPS) is 12.5. The molecule has 0 fully saturated rings. The maximum Gasteiger partial charge on any atom is 0.209 e. The van der Waals surface area contributed by atoms with Crippen molar-refractivity contribution >= 4 is 19.0 Å². The number of hydrogen-bond acceptors (Lipinski definition) is 2. The van der Waals surface area contributed by atoms with Gasteiger partial charge in [-0.05, 0) is 15.2 Å². The molecule has 0 aliphatic rings. The van der Waals surface area contributed by atoms with Gasteiger partial charge >= 0.3 is 0 Å². The van der Waals surface area contributed by atoms with E-state index in [9.17, 15) is 0 Å². The minimum atomic E-state index is -0.331. The van der Waals surface area contributed by atoms with Gasteiger partial charge in [-0.1, -0.05) is 18.0 Å². The predicted molar refractivity (Wildman–Crippen MR) is 40.1 cm³/mol. The summed E-state index contributed by atoms with van der Waals surface area (Å²) in [4.78, 5) is 0. The lowest BCUT2D eigenvalue weighted by Crippen LogP contribution is -2.16. The first-order valence-corrected chi connectivity index (χ1v) is 3.11. The Morgan fingerprint density at radius 2 is 2.62 bits per heavy atom. The third-order valence-electron chi connectivity index (χ3n) is 0.754. The summed E-state index contributed by atoms with van der Waals surface area (Å²) in [5.74, 6) is 0. The van der Waals surface area contributed by atoms with Gasteiger partial charge in [0.25, 0.3) is 0 Å². The zero-order chi connectivity index (χ0) is 7.33. The summed E-state index contributed by atoms with van der Waals surface area (Å²) >= 11 is 1.01. The Morgan fingerprint density at radius 3 is 3.00 bits per heavy atom. The van der Waals surface area contributed by atoms with Gasteiger partial charge in [0.1, 0.15) is 0 Å². The Kier molecular flexibility index (Phi) is 2.50. The molecular formula is C5H10BOS. The van der Waals surface area contributed by atoms with E-state index in [1.807, 2.05) is 13.8 Å². The summed E-state index contributed by atoms with van der Waals surface area (Å²) in [6, 6.07) is 0. The van der Waals surface area contributed by atoms with Crippen molar-refractivity contribution in [3.8, 4) is 0 Å². The SMILES string of the molecule is [3H][B]SOC(C)(C)C=C. The maximum absolute atomic E-state index is 6.64. The van der Waals surface area contributed by atoms with Crippen LogP contribution in [0.25, 0.3) is 0 Å². The van der Waals surface area contributed by atoms with Gasteiger partial charge in [0.15, 0.2) is 0 Å². The molecular weight excluding hydrogens is 119 g/mol. The molecule has 1 radical (unpaired) electrons. The summed E-state index contributed by atoms with van der Waals surface area (Å²) in [7, 11) is 1.14. The van der Waals surface area contributed by atoms with Gasteiger partial charge in [-0.3, -0.25) is 0 Å².